The number of rotatable bonds is 22. The fourth-order valence-corrected chi connectivity index (χ4v) is 7.57. The Morgan fingerprint density at radius 1 is 0.804 bits per heavy atom. The molecule has 0 spiro atoms. The lowest BCUT2D eigenvalue weighted by molar-refractivity contribution is -0.137. The molecule has 1 atom stereocenters. The first kappa shape index (κ1) is 38.2. The van der Waals surface area contributed by atoms with Crippen LogP contribution < -0.4 is 19.3 Å². The Bertz CT molecular complexity index is 1500. The van der Waals surface area contributed by atoms with Gasteiger partial charge in [-0.25, -0.2) is 0 Å². The minimum Gasteiger partial charge on any atom is -0.497 e. The van der Waals surface area contributed by atoms with Crippen LogP contribution in [0, 0.1) is 11.8 Å². The fourth-order valence-electron chi connectivity index (χ4n) is 7.57. The summed E-state index contributed by atoms with van der Waals surface area (Å²) >= 11 is 0. The molecule has 0 aromatic heterocycles. The molecule has 7 nitrogen and oxygen atoms in total. The maximum atomic E-state index is 14.4. The van der Waals surface area contributed by atoms with Crippen molar-refractivity contribution in [2.75, 3.05) is 43.2 Å². The predicted octanol–water partition coefficient (Wildman–Crippen LogP) is 10.5. The highest BCUT2D eigenvalue weighted by Gasteiger charge is 2.34. The second-order valence-electron chi connectivity index (χ2n) is 14.7. The van der Waals surface area contributed by atoms with Gasteiger partial charge in [0.15, 0.2) is 0 Å². The molecule has 2 aliphatic rings. The van der Waals surface area contributed by atoms with Crippen molar-refractivity contribution in [3.63, 3.8) is 0 Å². The number of carbonyl (C=O) groups is 2. The highest BCUT2D eigenvalue weighted by molar-refractivity contribution is 6.10. The number of unbranched alkanes of at least 4 members (excludes halogenated alkanes) is 9. The van der Waals surface area contributed by atoms with Crippen LogP contribution in [0.2, 0.25) is 0 Å². The maximum Gasteiger partial charge on any atom is 0.303 e. The Morgan fingerprint density at radius 3 is 2.14 bits per heavy atom. The van der Waals surface area contributed by atoms with Crippen molar-refractivity contribution in [3.05, 3.63) is 83.9 Å². The van der Waals surface area contributed by atoms with Crippen LogP contribution in [0.15, 0.2) is 72.8 Å². The first-order valence-electron chi connectivity index (χ1n) is 19.7. The molecule has 1 aliphatic heterocycles. The molecule has 3 aromatic rings. The van der Waals surface area contributed by atoms with Crippen LogP contribution in [-0.2, 0) is 4.79 Å². The quantitative estimate of drug-likeness (QED) is 0.105. The lowest BCUT2D eigenvalue weighted by Crippen LogP contribution is -2.38. The van der Waals surface area contributed by atoms with Gasteiger partial charge >= 0.3 is 5.97 Å². The number of benzene rings is 3. The first-order valence-corrected chi connectivity index (χ1v) is 19.7. The zero-order valence-corrected chi connectivity index (χ0v) is 31.1. The molecule has 1 saturated carbocycles. The number of nitrogens with zero attached hydrogens (tertiary/aromatic N) is 2. The normalized spacial score (nSPS) is 15.4. The summed E-state index contributed by atoms with van der Waals surface area (Å²) in [5.74, 6) is 1.77. The molecule has 0 unspecified atom stereocenters. The second-order valence-corrected chi connectivity index (χ2v) is 14.7. The van der Waals surface area contributed by atoms with Crippen LogP contribution >= 0.6 is 0 Å². The maximum absolute atomic E-state index is 14.4. The molecular weight excluding hydrogens is 636 g/mol. The van der Waals surface area contributed by atoms with Crippen LogP contribution in [0.4, 0.5) is 11.4 Å². The van der Waals surface area contributed by atoms with Crippen molar-refractivity contribution in [1.29, 1.82) is 0 Å². The van der Waals surface area contributed by atoms with E-state index in [0.29, 0.717) is 30.6 Å². The number of methoxy groups -OCH3 is 1. The summed E-state index contributed by atoms with van der Waals surface area (Å²) in [7, 11) is 1.68. The average molecular weight is 697 g/mol. The zero-order valence-electron chi connectivity index (χ0n) is 31.1. The summed E-state index contributed by atoms with van der Waals surface area (Å²) in [6.45, 7) is 5.24. The number of aliphatic carboxylic acids is 1. The Morgan fingerprint density at radius 2 is 1.49 bits per heavy atom. The molecule has 1 aliphatic carbocycles. The van der Waals surface area contributed by atoms with Crippen molar-refractivity contribution in [2.24, 2.45) is 11.8 Å². The van der Waals surface area contributed by atoms with Crippen LogP contribution in [0.3, 0.4) is 0 Å². The number of ether oxygens (including phenoxy) is 2. The minimum absolute atomic E-state index is 0.0347. The van der Waals surface area contributed by atoms with Crippen molar-refractivity contribution in [3.8, 4) is 11.5 Å². The number of carboxylic acid groups (broad SMARTS) is 1. The molecule has 2 fully saturated rings. The molecule has 1 amide bonds. The molecule has 7 heteroatoms. The lowest BCUT2D eigenvalue weighted by atomic mass is 9.91. The van der Waals surface area contributed by atoms with E-state index in [1.54, 1.807) is 7.11 Å². The average Bonchev–Trinajstić information content (AvgIpc) is 4.01. The van der Waals surface area contributed by atoms with Crippen molar-refractivity contribution in [1.82, 2.24) is 0 Å². The van der Waals surface area contributed by atoms with Crippen molar-refractivity contribution in [2.45, 2.75) is 109 Å². The monoisotopic (exact) mass is 696 g/mol. The van der Waals surface area contributed by atoms with Gasteiger partial charge in [0.05, 0.1) is 31.4 Å². The van der Waals surface area contributed by atoms with E-state index >= 15 is 0 Å². The van der Waals surface area contributed by atoms with Crippen molar-refractivity contribution < 1.29 is 24.2 Å². The summed E-state index contributed by atoms with van der Waals surface area (Å²) in [6.07, 6.45) is 16.9. The Balaban J connectivity index is 1.18. The number of hydrogen-bond acceptors (Lipinski definition) is 5. The van der Waals surface area contributed by atoms with E-state index in [0.717, 1.165) is 80.1 Å². The molecule has 276 valence electrons. The summed E-state index contributed by atoms with van der Waals surface area (Å²) in [6, 6.07) is 24.0. The van der Waals surface area contributed by atoms with Gasteiger partial charge in [-0.3, -0.25) is 9.59 Å². The molecule has 51 heavy (non-hydrogen) atoms. The summed E-state index contributed by atoms with van der Waals surface area (Å²) in [4.78, 5) is 30.2. The molecular formula is C44H60N2O5. The van der Waals surface area contributed by atoms with Gasteiger partial charge in [-0.2, -0.15) is 0 Å². The molecule has 1 heterocycles. The number of amides is 1. The van der Waals surface area contributed by atoms with Gasteiger partial charge in [-0.1, -0.05) is 95.0 Å². The van der Waals surface area contributed by atoms with Crippen LogP contribution in [0.25, 0.3) is 0 Å². The number of carboxylic acids is 1. The molecule has 1 saturated heterocycles. The highest BCUT2D eigenvalue weighted by Crippen LogP contribution is 2.45. The first-order chi connectivity index (χ1) is 25.0. The van der Waals surface area contributed by atoms with E-state index in [1.807, 2.05) is 77.7 Å². The fraction of sp³-hybridized carbons (Fsp3) is 0.545. The smallest absolute Gasteiger partial charge is 0.303 e. The Hall–Kier alpha value is -4.00. The highest BCUT2D eigenvalue weighted by atomic mass is 16.5. The van der Waals surface area contributed by atoms with Crippen LogP contribution in [0.1, 0.15) is 125 Å². The molecule has 0 radical (unpaired) electrons. The van der Waals surface area contributed by atoms with E-state index < -0.39 is 5.97 Å². The summed E-state index contributed by atoms with van der Waals surface area (Å²) < 4.78 is 11.9. The van der Waals surface area contributed by atoms with E-state index in [1.165, 1.54) is 51.4 Å². The third kappa shape index (κ3) is 11.8. The van der Waals surface area contributed by atoms with Gasteiger partial charge in [0.25, 0.3) is 5.91 Å². The lowest BCUT2D eigenvalue weighted by Gasteiger charge is -2.35. The standard InChI is InChI=1S/C44H60N2O5/c1-3-4-5-6-7-8-9-10-11-15-27-46(37-18-13-12-14-19-37)44(49)40-24-23-38(50-2)31-42(40)45-28-25-34(26-29-45)33-51-39-20-16-17-36(30-39)41(32-43(47)48)35-21-22-35/h12-14,16-20,23-24,30-31,34-35,41H,3-11,15,21-22,25-29,32-33H2,1-2H3,(H,47,48)/t41-/m0/s1. The number of anilines is 2. The zero-order chi connectivity index (χ0) is 35.8. The summed E-state index contributed by atoms with van der Waals surface area (Å²) in [5.41, 5.74) is 3.65. The number of hydrogen-bond donors (Lipinski definition) is 1. The van der Waals surface area contributed by atoms with Gasteiger partial charge in [0.2, 0.25) is 0 Å². The summed E-state index contributed by atoms with van der Waals surface area (Å²) in [5, 5.41) is 9.45. The molecule has 1 N–H and O–H groups in total. The largest absolute Gasteiger partial charge is 0.497 e. The van der Waals surface area contributed by atoms with Gasteiger partial charge in [0, 0.05) is 31.4 Å². The van der Waals surface area contributed by atoms with E-state index in [-0.39, 0.29) is 18.2 Å². The number of piperidine rings is 1. The SMILES string of the molecule is CCCCCCCCCCCCN(C(=O)c1ccc(OC)cc1N1CCC(COc2cccc([C@@H](CC(=O)O)C3CC3)c2)CC1)c1ccccc1. The Kier molecular flexibility index (Phi) is 15.1. The van der Waals surface area contributed by atoms with E-state index in [9.17, 15) is 14.7 Å². The van der Waals surface area contributed by atoms with E-state index in [4.69, 9.17) is 9.47 Å². The third-order valence-electron chi connectivity index (χ3n) is 10.8. The predicted molar refractivity (Wildman–Crippen MR) is 208 cm³/mol. The van der Waals surface area contributed by atoms with Crippen molar-refractivity contribution >= 4 is 23.3 Å². The Labute approximate surface area is 306 Å². The van der Waals surface area contributed by atoms with Gasteiger partial charge < -0.3 is 24.4 Å². The van der Waals surface area contributed by atoms with Crippen LogP contribution in [0.5, 0.6) is 11.5 Å². The van der Waals surface area contributed by atoms with Gasteiger partial charge in [0.1, 0.15) is 11.5 Å². The second kappa shape index (κ2) is 20.1. The van der Waals surface area contributed by atoms with Crippen LogP contribution in [-0.4, -0.2) is 50.3 Å². The molecule has 5 rings (SSSR count). The third-order valence-corrected chi connectivity index (χ3v) is 10.8. The number of para-hydroxylation sites is 1. The molecule has 0 bridgehead atoms. The minimum atomic E-state index is -0.743. The van der Waals surface area contributed by atoms with Gasteiger partial charge in [-0.05, 0) is 91.8 Å². The van der Waals surface area contributed by atoms with E-state index in [2.05, 4.69) is 11.8 Å². The van der Waals surface area contributed by atoms with Gasteiger partial charge in [-0.15, -0.1) is 0 Å². The number of carbonyl (C=O) groups excluding carboxylic acids is 1. The molecule has 3 aromatic carbocycles. The topological polar surface area (TPSA) is 79.3 Å².